The Morgan fingerprint density at radius 1 is 1.30 bits per heavy atom. The van der Waals surface area contributed by atoms with Gasteiger partial charge in [-0.1, -0.05) is 0 Å². The Balaban J connectivity index is 2.00. The zero-order chi connectivity index (χ0) is 14.7. The lowest BCUT2D eigenvalue weighted by molar-refractivity contribution is -0.121. The van der Waals surface area contributed by atoms with Crippen molar-refractivity contribution in [3.05, 3.63) is 29.8 Å². The molecule has 0 aromatic heterocycles. The highest BCUT2D eigenvalue weighted by atomic mass is 19.2. The van der Waals surface area contributed by atoms with Gasteiger partial charge in [0.1, 0.15) is 0 Å². The molecular formula is C14H16F2N2O2. The molecule has 0 aliphatic heterocycles. The monoisotopic (exact) mass is 282 g/mol. The average Bonchev–Trinajstić information content (AvgIpc) is 3.17. The van der Waals surface area contributed by atoms with E-state index in [9.17, 15) is 18.4 Å². The van der Waals surface area contributed by atoms with Crippen molar-refractivity contribution in [3.8, 4) is 0 Å². The minimum Gasteiger partial charge on any atom is -0.353 e. The average molecular weight is 282 g/mol. The van der Waals surface area contributed by atoms with Gasteiger partial charge in [-0.15, -0.1) is 0 Å². The lowest BCUT2D eigenvalue weighted by Gasteiger charge is -2.21. The van der Waals surface area contributed by atoms with Crippen LogP contribution in [0.4, 0.5) is 14.5 Å². The largest absolute Gasteiger partial charge is 0.353 e. The van der Waals surface area contributed by atoms with Crippen LogP contribution in [0.5, 0.6) is 0 Å². The Bertz CT molecular complexity index is 530. The van der Waals surface area contributed by atoms with E-state index in [1.807, 2.05) is 0 Å². The van der Waals surface area contributed by atoms with E-state index in [0.29, 0.717) is 0 Å². The number of benzene rings is 1. The number of amides is 2. The molecule has 1 aromatic rings. The number of carbonyl (C=O) groups excluding carboxylic acids is 2. The van der Waals surface area contributed by atoms with Crippen molar-refractivity contribution in [1.82, 2.24) is 5.32 Å². The van der Waals surface area contributed by atoms with Gasteiger partial charge < -0.3 is 10.2 Å². The fraction of sp³-hybridized carbons (Fsp3) is 0.429. The van der Waals surface area contributed by atoms with E-state index in [1.165, 1.54) is 17.9 Å². The first-order chi connectivity index (χ1) is 9.47. The molecule has 0 spiro atoms. The zero-order valence-corrected chi connectivity index (χ0v) is 11.2. The molecule has 0 heterocycles. The van der Waals surface area contributed by atoms with Gasteiger partial charge in [-0.25, -0.2) is 8.78 Å². The van der Waals surface area contributed by atoms with Crippen LogP contribution in [-0.4, -0.2) is 24.4 Å². The molecule has 0 atom stereocenters. The lowest BCUT2D eigenvalue weighted by atomic mass is 10.2. The summed E-state index contributed by atoms with van der Waals surface area (Å²) in [6.07, 6.45) is 2.12. The molecule has 1 saturated carbocycles. The van der Waals surface area contributed by atoms with Crippen LogP contribution in [-0.2, 0) is 9.59 Å². The summed E-state index contributed by atoms with van der Waals surface area (Å²) >= 11 is 0. The molecular weight excluding hydrogens is 266 g/mol. The highest BCUT2D eigenvalue weighted by Crippen LogP contribution is 2.20. The Morgan fingerprint density at radius 3 is 2.55 bits per heavy atom. The van der Waals surface area contributed by atoms with Crippen LogP contribution in [0, 0.1) is 11.6 Å². The van der Waals surface area contributed by atoms with E-state index in [4.69, 9.17) is 0 Å². The molecule has 0 unspecified atom stereocenters. The third kappa shape index (κ3) is 3.76. The molecule has 1 N–H and O–H groups in total. The van der Waals surface area contributed by atoms with Gasteiger partial charge in [0.25, 0.3) is 0 Å². The zero-order valence-electron chi connectivity index (χ0n) is 11.2. The van der Waals surface area contributed by atoms with Crippen molar-refractivity contribution in [2.45, 2.75) is 32.2 Å². The van der Waals surface area contributed by atoms with Gasteiger partial charge in [0, 0.05) is 37.7 Å². The normalized spacial score (nSPS) is 13.9. The van der Waals surface area contributed by atoms with E-state index in [2.05, 4.69) is 5.32 Å². The van der Waals surface area contributed by atoms with Crippen LogP contribution in [0.1, 0.15) is 26.2 Å². The van der Waals surface area contributed by atoms with Gasteiger partial charge in [-0.3, -0.25) is 9.59 Å². The number of hydrogen-bond donors (Lipinski definition) is 1. The number of halogens is 2. The van der Waals surface area contributed by atoms with Crippen LogP contribution in [0.15, 0.2) is 18.2 Å². The fourth-order valence-corrected chi connectivity index (χ4v) is 1.86. The molecule has 1 aromatic carbocycles. The van der Waals surface area contributed by atoms with Gasteiger partial charge in [0.15, 0.2) is 11.6 Å². The smallest absolute Gasteiger partial charge is 0.223 e. The minimum atomic E-state index is -1.02. The van der Waals surface area contributed by atoms with E-state index in [0.717, 1.165) is 25.0 Å². The van der Waals surface area contributed by atoms with Gasteiger partial charge in [0.05, 0.1) is 0 Å². The maximum absolute atomic E-state index is 13.2. The number of anilines is 1. The van der Waals surface area contributed by atoms with E-state index >= 15 is 0 Å². The van der Waals surface area contributed by atoms with Crippen LogP contribution >= 0.6 is 0 Å². The Labute approximate surface area is 115 Å². The molecule has 0 saturated heterocycles. The first kappa shape index (κ1) is 14.4. The van der Waals surface area contributed by atoms with Gasteiger partial charge in [-0.2, -0.15) is 0 Å². The standard InChI is InChI=1S/C14H16F2N2O2/c1-9(19)18(7-6-14(20)17-10-2-3-10)11-4-5-12(15)13(16)8-11/h4-5,8,10H,2-3,6-7H2,1H3,(H,17,20). The molecule has 20 heavy (non-hydrogen) atoms. The van der Waals surface area contributed by atoms with Gasteiger partial charge in [-0.05, 0) is 25.0 Å². The van der Waals surface area contributed by atoms with Crippen LogP contribution in [0.2, 0.25) is 0 Å². The molecule has 4 nitrogen and oxygen atoms in total. The van der Waals surface area contributed by atoms with Crippen molar-refractivity contribution in [2.24, 2.45) is 0 Å². The van der Waals surface area contributed by atoms with Crippen LogP contribution in [0.25, 0.3) is 0 Å². The van der Waals surface area contributed by atoms with Crippen molar-refractivity contribution in [3.63, 3.8) is 0 Å². The van der Waals surface area contributed by atoms with Gasteiger partial charge in [0.2, 0.25) is 11.8 Å². The summed E-state index contributed by atoms with van der Waals surface area (Å²) in [4.78, 5) is 24.4. The Hall–Kier alpha value is -1.98. The Kier molecular flexibility index (Phi) is 4.32. The molecule has 1 aliphatic carbocycles. The number of nitrogens with one attached hydrogen (secondary N) is 1. The fourth-order valence-electron chi connectivity index (χ4n) is 1.86. The highest BCUT2D eigenvalue weighted by molar-refractivity contribution is 5.92. The second kappa shape index (κ2) is 5.98. The molecule has 2 rings (SSSR count). The van der Waals surface area contributed by atoms with Crippen molar-refractivity contribution < 1.29 is 18.4 Å². The molecule has 6 heteroatoms. The third-order valence-corrected chi connectivity index (χ3v) is 3.10. The maximum atomic E-state index is 13.2. The van der Waals surface area contributed by atoms with E-state index in [-0.39, 0.29) is 36.5 Å². The SMILES string of the molecule is CC(=O)N(CCC(=O)NC1CC1)c1ccc(F)c(F)c1. The second-order valence-electron chi connectivity index (χ2n) is 4.86. The van der Waals surface area contributed by atoms with Gasteiger partial charge >= 0.3 is 0 Å². The summed E-state index contributed by atoms with van der Waals surface area (Å²) in [5.74, 6) is -2.45. The summed E-state index contributed by atoms with van der Waals surface area (Å²) in [7, 11) is 0. The molecule has 2 amide bonds. The second-order valence-corrected chi connectivity index (χ2v) is 4.86. The number of rotatable bonds is 5. The first-order valence-corrected chi connectivity index (χ1v) is 6.50. The molecule has 108 valence electrons. The number of nitrogens with zero attached hydrogens (tertiary/aromatic N) is 1. The van der Waals surface area contributed by atoms with Crippen molar-refractivity contribution in [2.75, 3.05) is 11.4 Å². The quantitative estimate of drug-likeness (QED) is 0.898. The molecule has 1 aliphatic rings. The summed E-state index contributed by atoms with van der Waals surface area (Å²) in [6.45, 7) is 1.46. The number of carbonyl (C=O) groups is 2. The third-order valence-electron chi connectivity index (χ3n) is 3.10. The van der Waals surface area contributed by atoms with E-state index < -0.39 is 11.6 Å². The molecule has 1 fully saturated rings. The highest BCUT2D eigenvalue weighted by Gasteiger charge is 2.23. The van der Waals surface area contributed by atoms with Crippen LogP contribution in [0.3, 0.4) is 0 Å². The maximum Gasteiger partial charge on any atom is 0.223 e. The van der Waals surface area contributed by atoms with Crippen LogP contribution < -0.4 is 10.2 Å². The number of hydrogen-bond acceptors (Lipinski definition) is 2. The summed E-state index contributed by atoms with van der Waals surface area (Å²) in [5.41, 5.74) is 0.246. The van der Waals surface area contributed by atoms with Crippen molar-refractivity contribution in [1.29, 1.82) is 0 Å². The lowest BCUT2D eigenvalue weighted by Crippen LogP contribution is -2.34. The summed E-state index contributed by atoms with van der Waals surface area (Å²) < 4.78 is 26.1. The summed E-state index contributed by atoms with van der Waals surface area (Å²) in [5, 5.41) is 2.81. The Morgan fingerprint density at radius 2 is 2.00 bits per heavy atom. The van der Waals surface area contributed by atoms with Crippen molar-refractivity contribution >= 4 is 17.5 Å². The molecule has 0 bridgehead atoms. The summed E-state index contributed by atoms with van der Waals surface area (Å²) in [6, 6.07) is 3.50. The van der Waals surface area contributed by atoms with E-state index in [1.54, 1.807) is 0 Å². The first-order valence-electron chi connectivity index (χ1n) is 6.50. The predicted molar refractivity (Wildman–Crippen MR) is 70.2 cm³/mol. The minimum absolute atomic E-state index is 0.134. The topological polar surface area (TPSA) is 49.4 Å². The predicted octanol–water partition coefficient (Wildman–Crippen LogP) is 1.99. The molecule has 0 radical (unpaired) electrons.